The van der Waals surface area contributed by atoms with E-state index in [0.717, 1.165) is 6.04 Å². The minimum Gasteiger partial charge on any atom is -0.315 e. The van der Waals surface area contributed by atoms with Crippen LogP contribution >= 0.6 is 11.8 Å². The second-order valence-corrected chi connectivity index (χ2v) is 5.31. The van der Waals surface area contributed by atoms with E-state index in [1.165, 1.54) is 57.6 Å². The predicted molar refractivity (Wildman–Crippen MR) is 70.8 cm³/mol. The Bertz CT molecular complexity index is 153. The van der Waals surface area contributed by atoms with Crippen LogP contribution in [0.25, 0.3) is 0 Å². The Morgan fingerprint density at radius 2 is 2.27 bits per heavy atom. The van der Waals surface area contributed by atoms with E-state index in [-0.39, 0.29) is 0 Å². The first-order chi connectivity index (χ1) is 7.38. The number of unbranched alkanes of at least 4 members (excludes halogenated alkanes) is 1. The molecule has 90 valence electrons. The summed E-state index contributed by atoms with van der Waals surface area (Å²) in [6.45, 7) is 7.21. The Labute approximate surface area is 99.2 Å². The number of thioether (sulfide) groups is 1. The summed E-state index contributed by atoms with van der Waals surface area (Å²) in [7, 11) is 0. The molecule has 0 saturated carbocycles. The van der Waals surface area contributed by atoms with Gasteiger partial charge in [0.2, 0.25) is 0 Å². The molecule has 0 aromatic heterocycles. The molecule has 1 rings (SSSR count). The maximum absolute atomic E-state index is 3.60. The lowest BCUT2D eigenvalue weighted by Crippen LogP contribution is -2.38. The first-order valence-corrected chi connectivity index (χ1v) is 7.71. The van der Waals surface area contributed by atoms with Gasteiger partial charge in [0.15, 0.2) is 0 Å². The van der Waals surface area contributed by atoms with Crippen LogP contribution in [0.5, 0.6) is 0 Å². The van der Waals surface area contributed by atoms with Crippen LogP contribution in [-0.4, -0.2) is 49.1 Å². The molecule has 1 aliphatic heterocycles. The first-order valence-electron chi connectivity index (χ1n) is 6.32. The zero-order chi connectivity index (χ0) is 10.9. The monoisotopic (exact) mass is 230 g/mol. The van der Waals surface area contributed by atoms with E-state index in [1.807, 2.05) is 11.8 Å². The Morgan fingerprint density at radius 1 is 1.40 bits per heavy atom. The molecular weight excluding hydrogens is 204 g/mol. The number of hydrogen-bond acceptors (Lipinski definition) is 3. The molecule has 2 nitrogen and oxygen atoms in total. The Kier molecular flexibility index (Phi) is 7.49. The summed E-state index contributed by atoms with van der Waals surface area (Å²) < 4.78 is 0. The van der Waals surface area contributed by atoms with Crippen molar-refractivity contribution in [2.24, 2.45) is 0 Å². The highest BCUT2D eigenvalue weighted by atomic mass is 32.2. The van der Waals surface area contributed by atoms with Crippen LogP contribution in [0.15, 0.2) is 0 Å². The molecule has 0 spiro atoms. The van der Waals surface area contributed by atoms with E-state index in [0.29, 0.717) is 0 Å². The SMILES string of the molecule is CCN1CCCC1CNCCCCSC. The van der Waals surface area contributed by atoms with Gasteiger partial charge in [-0.15, -0.1) is 0 Å². The number of rotatable bonds is 8. The third-order valence-corrected chi connectivity index (χ3v) is 3.93. The molecule has 15 heavy (non-hydrogen) atoms. The van der Waals surface area contributed by atoms with E-state index in [2.05, 4.69) is 23.4 Å². The van der Waals surface area contributed by atoms with Crippen molar-refractivity contribution in [2.45, 2.75) is 38.6 Å². The van der Waals surface area contributed by atoms with E-state index in [4.69, 9.17) is 0 Å². The normalized spacial score (nSPS) is 22.4. The molecule has 1 N–H and O–H groups in total. The van der Waals surface area contributed by atoms with Gasteiger partial charge in [-0.3, -0.25) is 4.90 Å². The lowest BCUT2D eigenvalue weighted by atomic mass is 10.2. The van der Waals surface area contributed by atoms with Gasteiger partial charge >= 0.3 is 0 Å². The highest BCUT2D eigenvalue weighted by Gasteiger charge is 2.21. The highest BCUT2D eigenvalue weighted by Crippen LogP contribution is 2.15. The fourth-order valence-electron chi connectivity index (χ4n) is 2.31. The highest BCUT2D eigenvalue weighted by molar-refractivity contribution is 7.98. The number of likely N-dealkylation sites (N-methyl/N-ethyl adjacent to an activating group) is 1. The van der Waals surface area contributed by atoms with Crippen molar-refractivity contribution in [3.05, 3.63) is 0 Å². The summed E-state index contributed by atoms with van der Waals surface area (Å²) in [5, 5.41) is 3.60. The molecule has 0 amide bonds. The van der Waals surface area contributed by atoms with Crippen LogP contribution in [0, 0.1) is 0 Å². The van der Waals surface area contributed by atoms with Gasteiger partial charge in [0, 0.05) is 12.6 Å². The van der Waals surface area contributed by atoms with Crippen LogP contribution in [-0.2, 0) is 0 Å². The summed E-state index contributed by atoms with van der Waals surface area (Å²) in [6, 6.07) is 0.815. The molecule has 0 aliphatic carbocycles. The Hall–Kier alpha value is 0.270. The molecule has 0 aromatic rings. The zero-order valence-corrected chi connectivity index (χ0v) is 11.1. The standard InChI is InChI=1S/C12H26N2S/c1-3-14-9-6-7-12(14)11-13-8-4-5-10-15-2/h12-13H,3-11H2,1-2H3. The molecule has 1 unspecified atom stereocenters. The van der Waals surface area contributed by atoms with Crippen molar-refractivity contribution in [1.82, 2.24) is 10.2 Å². The maximum Gasteiger partial charge on any atom is 0.0220 e. The van der Waals surface area contributed by atoms with Crippen LogP contribution in [0.1, 0.15) is 32.6 Å². The summed E-state index contributed by atoms with van der Waals surface area (Å²) in [6.07, 6.45) is 7.67. The fraction of sp³-hybridized carbons (Fsp3) is 1.00. The minimum absolute atomic E-state index is 0.815. The van der Waals surface area contributed by atoms with Crippen molar-refractivity contribution >= 4 is 11.8 Å². The average molecular weight is 230 g/mol. The van der Waals surface area contributed by atoms with Crippen molar-refractivity contribution in [1.29, 1.82) is 0 Å². The molecule has 0 radical (unpaired) electrons. The van der Waals surface area contributed by atoms with E-state index < -0.39 is 0 Å². The topological polar surface area (TPSA) is 15.3 Å². The van der Waals surface area contributed by atoms with Gasteiger partial charge in [0.1, 0.15) is 0 Å². The molecule has 0 aromatic carbocycles. The predicted octanol–water partition coefficient (Wildman–Crippen LogP) is 2.20. The van der Waals surface area contributed by atoms with E-state index >= 15 is 0 Å². The average Bonchev–Trinajstić information content (AvgIpc) is 2.70. The molecule has 1 saturated heterocycles. The van der Waals surface area contributed by atoms with Gasteiger partial charge < -0.3 is 5.32 Å². The van der Waals surface area contributed by atoms with Crippen LogP contribution in [0.3, 0.4) is 0 Å². The van der Waals surface area contributed by atoms with Gasteiger partial charge in [-0.2, -0.15) is 11.8 Å². The van der Waals surface area contributed by atoms with Gasteiger partial charge in [-0.1, -0.05) is 6.92 Å². The number of nitrogens with one attached hydrogen (secondary N) is 1. The van der Waals surface area contributed by atoms with E-state index in [1.54, 1.807) is 0 Å². The smallest absolute Gasteiger partial charge is 0.0220 e. The van der Waals surface area contributed by atoms with Crippen LogP contribution in [0.2, 0.25) is 0 Å². The molecule has 3 heteroatoms. The summed E-state index contributed by atoms with van der Waals surface area (Å²) in [5.74, 6) is 1.31. The zero-order valence-electron chi connectivity index (χ0n) is 10.3. The molecule has 1 aliphatic rings. The minimum atomic E-state index is 0.815. The number of likely N-dealkylation sites (tertiary alicyclic amines) is 1. The summed E-state index contributed by atoms with van der Waals surface area (Å²) >= 11 is 1.95. The number of nitrogens with zero attached hydrogens (tertiary/aromatic N) is 1. The molecular formula is C12H26N2S. The molecule has 1 fully saturated rings. The van der Waals surface area contributed by atoms with Gasteiger partial charge in [-0.05, 0) is 57.3 Å². The van der Waals surface area contributed by atoms with Gasteiger partial charge in [0.05, 0.1) is 0 Å². The summed E-state index contributed by atoms with van der Waals surface area (Å²) in [5.41, 5.74) is 0. The Morgan fingerprint density at radius 3 is 3.00 bits per heavy atom. The van der Waals surface area contributed by atoms with Crippen molar-refractivity contribution in [2.75, 3.05) is 38.2 Å². The fourth-order valence-corrected chi connectivity index (χ4v) is 2.80. The third kappa shape index (κ3) is 5.23. The second-order valence-electron chi connectivity index (χ2n) is 4.33. The first kappa shape index (κ1) is 13.3. The van der Waals surface area contributed by atoms with Crippen molar-refractivity contribution in [3.63, 3.8) is 0 Å². The van der Waals surface area contributed by atoms with E-state index in [9.17, 15) is 0 Å². The third-order valence-electron chi connectivity index (χ3n) is 3.24. The lowest BCUT2D eigenvalue weighted by molar-refractivity contribution is 0.260. The van der Waals surface area contributed by atoms with Crippen LogP contribution in [0.4, 0.5) is 0 Å². The molecule has 1 atom stereocenters. The van der Waals surface area contributed by atoms with Crippen molar-refractivity contribution < 1.29 is 0 Å². The largest absolute Gasteiger partial charge is 0.315 e. The number of hydrogen-bond donors (Lipinski definition) is 1. The quantitative estimate of drug-likeness (QED) is 0.644. The maximum atomic E-state index is 3.60. The lowest BCUT2D eigenvalue weighted by Gasteiger charge is -2.22. The van der Waals surface area contributed by atoms with Crippen LogP contribution < -0.4 is 5.32 Å². The molecule has 1 heterocycles. The summed E-state index contributed by atoms with van der Waals surface area (Å²) in [4.78, 5) is 2.61. The Balaban J connectivity index is 1.95. The molecule has 0 bridgehead atoms. The second kappa shape index (κ2) is 8.43. The van der Waals surface area contributed by atoms with Gasteiger partial charge in [-0.25, -0.2) is 0 Å². The van der Waals surface area contributed by atoms with Crippen molar-refractivity contribution in [3.8, 4) is 0 Å². The van der Waals surface area contributed by atoms with Gasteiger partial charge in [0.25, 0.3) is 0 Å².